The summed E-state index contributed by atoms with van der Waals surface area (Å²) in [6, 6.07) is 7.33. The Morgan fingerprint density at radius 1 is 1.19 bits per heavy atom. The fourth-order valence-electron chi connectivity index (χ4n) is 2.07. The van der Waals surface area contributed by atoms with Gasteiger partial charge in [-0.2, -0.15) is 0 Å². The lowest BCUT2D eigenvalue weighted by Gasteiger charge is -2.09. The first-order chi connectivity index (χ1) is 10.1. The summed E-state index contributed by atoms with van der Waals surface area (Å²) in [7, 11) is 0. The minimum absolute atomic E-state index is 0.0851. The Labute approximate surface area is 122 Å². The van der Waals surface area contributed by atoms with Crippen molar-refractivity contribution < 1.29 is 9.59 Å². The number of rotatable bonds is 5. The van der Waals surface area contributed by atoms with Gasteiger partial charge in [0.25, 0.3) is 5.91 Å². The molecule has 0 bridgehead atoms. The van der Waals surface area contributed by atoms with Crippen molar-refractivity contribution in [2.75, 3.05) is 18.8 Å². The summed E-state index contributed by atoms with van der Waals surface area (Å²) in [5.41, 5.74) is 6.26. The number of carbonyl (C=O) groups excluding carboxylic acids is 2. The first-order valence-corrected chi connectivity index (χ1v) is 6.81. The van der Waals surface area contributed by atoms with Crippen molar-refractivity contribution in [3.63, 3.8) is 0 Å². The molecule has 1 aromatic heterocycles. The minimum atomic E-state index is -0.261. The summed E-state index contributed by atoms with van der Waals surface area (Å²) < 4.78 is 0. The highest BCUT2D eigenvalue weighted by atomic mass is 16.2. The third kappa shape index (κ3) is 3.47. The van der Waals surface area contributed by atoms with Gasteiger partial charge in [0.2, 0.25) is 5.91 Å². The smallest absolute Gasteiger partial charge is 0.253 e. The molecular weight excluding hydrogens is 268 g/mol. The quantitative estimate of drug-likeness (QED) is 0.766. The number of hydrogen-bond acceptors (Lipinski definition) is 4. The zero-order valence-electron chi connectivity index (χ0n) is 11.8. The fourth-order valence-corrected chi connectivity index (χ4v) is 2.07. The van der Waals surface area contributed by atoms with Gasteiger partial charge >= 0.3 is 0 Å². The molecule has 6 heteroatoms. The Morgan fingerprint density at radius 3 is 2.62 bits per heavy atom. The molecular formula is C15H18N4O2. The van der Waals surface area contributed by atoms with Crippen LogP contribution in [0.4, 0.5) is 5.82 Å². The van der Waals surface area contributed by atoms with E-state index in [0.717, 1.165) is 10.8 Å². The molecule has 2 rings (SSSR count). The van der Waals surface area contributed by atoms with Gasteiger partial charge in [-0.1, -0.05) is 24.3 Å². The largest absolute Gasteiger partial charge is 0.383 e. The highest BCUT2D eigenvalue weighted by molar-refractivity contribution is 6.09. The summed E-state index contributed by atoms with van der Waals surface area (Å²) in [4.78, 5) is 27.6. The molecule has 0 spiro atoms. The molecule has 6 nitrogen and oxygen atoms in total. The fraction of sp³-hybridized carbons (Fsp3) is 0.267. The number of nitrogens with two attached hydrogens (primary N) is 1. The maximum absolute atomic E-state index is 12.2. The Bertz CT molecular complexity index is 670. The standard InChI is InChI=1S/C15H18N4O2/c1-2-17-13(20)7-8-18-15(21)12-9-19-14(16)11-6-4-3-5-10(11)12/h3-6,9H,2,7-8H2,1H3,(H2,16,19)(H,17,20)(H,18,21). The van der Waals surface area contributed by atoms with E-state index in [1.807, 2.05) is 31.2 Å². The van der Waals surface area contributed by atoms with Crippen molar-refractivity contribution in [2.24, 2.45) is 0 Å². The van der Waals surface area contributed by atoms with E-state index in [9.17, 15) is 9.59 Å². The number of aromatic nitrogens is 1. The Morgan fingerprint density at radius 2 is 1.90 bits per heavy atom. The van der Waals surface area contributed by atoms with E-state index in [4.69, 9.17) is 5.73 Å². The van der Waals surface area contributed by atoms with Gasteiger partial charge in [0, 0.05) is 31.1 Å². The maximum atomic E-state index is 12.2. The van der Waals surface area contributed by atoms with Gasteiger partial charge in [0.05, 0.1) is 5.56 Å². The number of nitrogens with zero attached hydrogens (tertiary/aromatic N) is 1. The molecule has 0 aliphatic rings. The molecule has 0 fully saturated rings. The molecule has 110 valence electrons. The van der Waals surface area contributed by atoms with E-state index in [1.165, 1.54) is 6.20 Å². The number of benzene rings is 1. The number of pyridine rings is 1. The molecule has 0 radical (unpaired) electrons. The van der Waals surface area contributed by atoms with Crippen molar-refractivity contribution in [2.45, 2.75) is 13.3 Å². The summed E-state index contributed by atoms with van der Waals surface area (Å²) in [6.45, 7) is 2.71. The molecule has 0 aliphatic carbocycles. The van der Waals surface area contributed by atoms with Crippen LogP contribution in [0.1, 0.15) is 23.7 Å². The number of anilines is 1. The van der Waals surface area contributed by atoms with Crippen LogP contribution in [0.25, 0.3) is 10.8 Å². The van der Waals surface area contributed by atoms with Crippen LogP contribution in [0.2, 0.25) is 0 Å². The molecule has 2 amide bonds. The van der Waals surface area contributed by atoms with Crippen LogP contribution >= 0.6 is 0 Å². The molecule has 4 N–H and O–H groups in total. The second kappa shape index (κ2) is 6.69. The number of nitrogens with one attached hydrogen (secondary N) is 2. The summed E-state index contributed by atoms with van der Waals surface area (Å²) in [5, 5.41) is 6.89. The summed E-state index contributed by atoms with van der Waals surface area (Å²) in [6.07, 6.45) is 1.71. The molecule has 1 aromatic carbocycles. The van der Waals surface area contributed by atoms with E-state index in [2.05, 4.69) is 15.6 Å². The minimum Gasteiger partial charge on any atom is -0.383 e. The number of nitrogen functional groups attached to an aromatic ring is 1. The molecule has 0 aliphatic heterocycles. The average molecular weight is 286 g/mol. The van der Waals surface area contributed by atoms with Crippen LogP contribution in [0.15, 0.2) is 30.5 Å². The Hall–Kier alpha value is -2.63. The predicted octanol–water partition coefficient (Wildman–Crippen LogP) is 1.07. The van der Waals surface area contributed by atoms with E-state index >= 15 is 0 Å². The highest BCUT2D eigenvalue weighted by Gasteiger charge is 2.12. The van der Waals surface area contributed by atoms with Crippen LogP contribution in [0.5, 0.6) is 0 Å². The molecule has 2 aromatic rings. The van der Waals surface area contributed by atoms with Gasteiger partial charge in [-0.3, -0.25) is 9.59 Å². The number of hydrogen-bond donors (Lipinski definition) is 3. The third-order valence-corrected chi connectivity index (χ3v) is 3.08. The zero-order valence-corrected chi connectivity index (χ0v) is 11.8. The van der Waals surface area contributed by atoms with E-state index in [1.54, 1.807) is 0 Å². The first kappa shape index (κ1) is 14.8. The Kier molecular flexibility index (Phi) is 4.71. The molecule has 0 saturated heterocycles. The topological polar surface area (TPSA) is 97.1 Å². The van der Waals surface area contributed by atoms with Crippen molar-refractivity contribution in [3.8, 4) is 0 Å². The van der Waals surface area contributed by atoms with Crippen LogP contribution in [-0.4, -0.2) is 29.9 Å². The average Bonchev–Trinajstić information content (AvgIpc) is 2.48. The van der Waals surface area contributed by atoms with Crippen molar-refractivity contribution in [3.05, 3.63) is 36.0 Å². The third-order valence-electron chi connectivity index (χ3n) is 3.08. The number of amides is 2. The molecule has 1 heterocycles. The molecule has 0 unspecified atom stereocenters. The summed E-state index contributed by atoms with van der Waals surface area (Å²) in [5.74, 6) is 0.0468. The van der Waals surface area contributed by atoms with Gasteiger partial charge in [-0.15, -0.1) is 0 Å². The van der Waals surface area contributed by atoms with Gasteiger partial charge in [0.15, 0.2) is 0 Å². The van der Waals surface area contributed by atoms with Gasteiger partial charge in [-0.05, 0) is 12.3 Å². The van der Waals surface area contributed by atoms with Crippen LogP contribution in [0.3, 0.4) is 0 Å². The van der Waals surface area contributed by atoms with Crippen molar-refractivity contribution in [1.82, 2.24) is 15.6 Å². The lowest BCUT2D eigenvalue weighted by molar-refractivity contribution is -0.120. The predicted molar refractivity (Wildman–Crippen MR) is 81.8 cm³/mol. The molecule has 21 heavy (non-hydrogen) atoms. The molecule has 0 atom stereocenters. The second-order valence-electron chi connectivity index (χ2n) is 4.56. The van der Waals surface area contributed by atoms with Crippen molar-refractivity contribution in [1.29, 1.82) is 0 Å². The lowest BCUT2D eigenvalue weighted by atomic mass is 10.1. The van der Waals surface area contributed by atoms with Gasteiger partial charge in [0.1, 0.15) is 5.82 Å². The molecule has 0 saturated carbocycles. The van der Waals surface area contributed by atoms with Gasteiger partial charge in [-0.25, -0.2) is 4.98 Å². The maximum Gasteiger partial charge on any atom is 0.253 e. The normalized spacial score (nSPS) is 10.3. The van der Waals surface area contributed by atoms with Gasteiger partial charge < -0.3 is 16.4 Å². The van der Waals surface area contributed by atoms with E-state index in [0.29, 0.717) is 17.9 Å². The SMILES string of the molecule is CCNC(=O)CCNC(=O)c1cnc(N)c2ccccc12. The zero-order chi connectivity index (χ0) is 15.2. The first-order valence-electron chi connectivity index (χ1n) is 6.81. The van der Waals surface area contributed by atoms with Crippen LogP contribution in [0, 0.1) is 0 Å². The van der Waals surface area contributed by atoms with Crippen molar-refractivity contribution >= 4 is 28.4 Å². The Balaban J connectivity index is 2.10. The lowest BCUT2D eigenvalue weighted by Crippen LogP contribution is -2.30. The van der Waals surface area contributed by atoms with E-state index < -0.39 is 0 Å². The highest BCUT2D eigenvalue weighted by Crippen LogP contribution is 2.22. The monoisotopic (exact) mass is 286 g/mol. The number of carbonyl (C=O) groups is 2. The van der Waals surface area contributed by atoms with Crippen LogP contribution < -0.4 is 16.4 Å². The number of fused-ring (bicyclic) bond motifs is 1. The summed E-state index contributed by atoms with van der Waals surface area (Å²) >= 11 is 0. The second-order valence-corrected chi connectivity index (χ2v) is 4.56. The van der Waals surface area contributed by atoms with E-state index in [-0.39, 0.29) is 24.8 Å². The van der Waals surface area contributed by atoms with Crippen LogP contribution in [-0.2, 0) is 4.79 Å².